The summed E-state index contributed by atoms with van der Waals surface area (Å²) in [6.45, 7) is 6.22. The summed E-state index contributed by atoms with van der Waals surface area (Å²) in [5.74, 6) is 0. The van der Waals surface area contributed by atoms with E-state index in [2.05, 4.69) is 43.2 Å². The summed E-state index contributed by atoms with van der Waals surface area (Å²) >= 11 is 0. The molecule has 2 rings (SSSR count). The van der Waals surface area contributed by atoms with Crippen LogP contribution in [0.3, 0.4) is 0 Å². The van der Waals surface area contributed by atoms with Crippen molar-refractivity contribution in [2.24, 2.45) is 0 Å². The molecule has 0 aliphatic carbocycles. The van der Waals surface area contributed by atoms with Gasteiger partial charge in [0.15, 0.2) is 5.69 Å². The number of hydrogen-bond donors (Lipinski definition) is 0. The fourth-order valence-corrected chi connectivity index (χ4v) is 2.01. The molecule has 0 radical (unpaired) electrons. The molecule has 4 nitrogen and oxygen atoms in total. The molecule has 0 fully saturated rings. The molecule has 1 aromatic heterocycles. The van der Waals surface area contributed by atoms with Crippen molar-refractivity contribution in [3.8, 4) is 11.8 Å². The van der Waals surface area contributed by atoms with E-state index >= 15 is 0 Å². The zero-order valence-electron chi connectivity index (χ0n) is 10.9. The Morgan fingerprint density at radius 1 is 1.33 bits per heavy atom. The molecular formula is C14H16N4. The molecule has 1 heterocycles. The molecule has 1 aromatic carbocycles. The van der Waals surface area contributed by atoms with Gasteiger partial charge in [0.2, 0.25) is 0 Å². The van der Waals surface area contributed by atoms with Crippen molar-refractivity contribution < 1.29 is 0 Å². The highest BCUT2D eigenvalue weighted by Crippen LogP contribution is 2.20. The summed E-state index contributed by atoms with van der Waals surface area (Å²) in [6.07, 6.45) is 1.77. The third-order valence-corrected chi connectivity index (χ3v) is 3.16. The number of hydrogen-bond acceptors (Lipinski definition) is 3. The van der Waals surface area contributed by atoms with E-state index in [1.807, 2.05) is 12.1 Å². The molecule has 0 N–H and O–H groups in total. The van der Waals surface area contributed by atoms with Crippen molar-refractivity contribution in [3.63, 3.8) is 0 Å². The summed E-state index contributed by atoms with van der Waals surface area (Å²) in [7, 11) is 0. The van der Waals surface area contributed by atoms with E-state index in [-0.39, 0.29) is 0 Å². The molecule has 0 aliphatic heterocycles. The standard InChI is InChI=1S/C14H16N4/c1-4-6-14-12(9-15)16-17-18(14)13-8-5-7-10(2)11(13)3/h5,7-8H,4,6H2,1-3H3. The van der Waals surface area contributed by atoms with E-state index in [1.165, 1.54) is 11.1 Å². The van der Waals surface area contributed by atoms with Gasteiger partial charge in [-0.15, -0.1) is 5.10 Å². The number of nitrogens with zero attached hydrogens (tertiary/aromatic N) is 4. The van der Waals surface area contributed by atoms with Crippen molar-refractivity contribution in [3.05, 3.63) is 40.7 Å². The monoisotopic (exact) mass is 240 g/mol. The topological polar surface area (TPSA) is 54.5 Å². The van der Waals surface area contributed by atoms with Crippen LogP contribution in [0.5, 0.6) is 0 Å². The summed E-state index contributed by atoms with van der Waals surface area (Å²) in [4.78, 5) is 0. The second-order valence-corrected chi connectivity index (χ2v) is 4.38. The molecule has 0 saturated carbocycles. The SMILES string of the molecule is CCCc1c(C#N)nnn1-c1cccc(C)c1C. The fourth-order valence-electron chi connectivity index (χ4n) is 2.01. The van der Waals surface area contributed by atoms with Crippen LogP contribution in [0, 0.1) is 25.2 Å². The molecule has 0 aliphatic rings. The first-order valence-corrected chi connectivity index (χ1v) is 6.10. The summed E-state index contributed by atoms with van der Waals surface area (Å²) in [5.41, 5.74) is 4.71. The van der Waals surface area contributed by atoms with Crippen LogP contribution >= 0.6 is 0 Å². The minimum Gasteiger partial charge on any atom is -0.216 e. The minimum absolute atomic E-state index is 0.428. The van der Waals surface area contributed by atoms with Crippen molar-refractivity contribution in [2.75, 3.05) is 0 Å². The molecule has 0 saturated heterocycles. The lowest BCUT2D eigenvalue weighted by atomic mass is 10.1. The maximum atomic E-state index is 9.06. The zero-order chi connectivity index (χ0) is 13.1. The molecule has 18 heavy (non-hydrogen) atoms. The van der Waals surface area contributed by atoms with E-state index in [4.69, 9.17) is 5.26 Å². The van der Waals surface area contributed by atoms with Gasteiger partial charge in [-0.2, -0.15) is 5.26 Å². The van der Waals surface area contributed by atoms with Gasteiger partial charge in [0.1, 0.15) is 6.07 Å². The number of benzene rings is 1. The lowest BCUT2D eigenvalue weighted by Crippen LogP contribution is -2.05. The Labute approximate surface area is 107 Å². The molecule has 0 atom stereocenters. The first kappa shape index (κ1) is 12.3. The van der Waals surface area contributed by atoms with E-state index in [9.17, 15) is 0 Å². The second-order valence-electron chi connectivity index (χ2n) is 4.38. The van der Waals surface area contributed by atoms with Gasteiger partial charge < -0.3 is 0 Å². The average Bonchev–Trinajstić information content (AvgIpc) is 2.76. The van der Waals surface area contributed by atoms with Gasteiger partial charge in [-0.3, -0.25) is 0 Å². The van der Waals surface area contributed by atoms with Gasteiger partial charge in [-0.1, -0.05) is 30.7 Å². The molecule has 2 aromatic rings. The number of nitriles is 1. The Balaban J connectivity index is 2.61. The van der Waals surface area contributed by atoms with Crippen LogP contribution in [0.25, 0.3) is 5.69 Å². The van der Waals surface area contributed by atoms with Crippen LogP contribution in [-0.4, -0.2) is 15.0 Å². The number of aryl methyl sites for hydroxylation is 1. The van der Waals surface area contributed by atoms with Gasteiger partial charge in [-0.05, 0) is 37.5 Å². The Morgan fingerprint density at radius 2 is 2.11 bits per heavy atom. The smallest absolute Gasteiger partial charge is 0.186 e. The zero-order valence-corrected chi connectivity index (χ0v) is 10.9. The molecule has 4 heteroatoms. The highest BCUT2D eigenvalue weighted by Gasteiger charge is 2.14. The normalized spacial score (nSPS) is 10.3. The van der Waals surface area contributed by atoms with Crippen LogP contribution in [0.2, 0.25) is 0 Å². The molecule has 0 unspecified atom stereocenters. The Morgan fingerprint density at radius 3 is 2.78 bits per heavy atom. The highest BCUT2D eigenvalue weighted by molar-refractivity contribution is 5.46. The highest BCUT2D eigenvalue weighted by atomic mass is 15.4. The number of rotatable bonds is 3. The van der Waals surface area contributed by atoms with Crippen LogP contribution in [-0.2, 0) is 6.42 Å². The molecule has 92 valence electrons. The first-order valence-electron chi connectivity index (χ1n) is 6.10. The van der Waals surface area contributed by atoms with E-state index in [1.54, 1.807) is 4.68 Å². The van der Waals surface area contributed by atoms with Gasteiger partial charge in [0.25, 0.3) is 0 Å². The Hall–Kier alpha value is -2.15. The second kappa shape index (κ2) is 5.01. The maximum Gasteiger partial charge on any atom is 0.186 e. The molecule has 0 amide bonds. The van der Waals surface area contributed by atoms with Gasteiger partial charge in [0, 0.05) is 0 Å². The minimum atomic E-state index is 0.428. The number of aromatic nitrogens is 3. The Kier molecular flexibility index (Phi) is 3.42. The van der Waals surface area contributed by atoms with Gasteiger partial charge >= 0.3 is 0 Å². The van der Waals surface area contributed by atoms with Crippen LogP contribution in [0.1, 0.15) is 35.9 Å². The lowest BCUT2D eigenvalue weighted by Gasteiger charge is -2.10. The van der Waals surface area contributed by atoms with E-state index < -0.39 is 0 Å². The average molecular weight is 240 g/mol. The van der Waals surface area contributed by atoms with Crippen molar-refractivity contribution in [1.82, 2.24) is 15.0 Å². The van der Waals surface area contributed by atoms with E-state index in [0.29, 0.717) is 5.69 Å². The lowest BCUT2D eigenvalue weighted by molar-refractivity contribution is 0.741. The predicted molar refractivity (Wildman–Crippen MR) is 69.5 cm³/mol. The summed E-state index contributed by atoms with van der Waals surface area (Å²) < 4.78 is 1.80. The van der Waals surface area contributed by atoms with Crippen molar-refractivity contribution >= 4 is 0 Å². The molecular weight excluding hydrogens is 224 g/mol. The van der Waals surface area contributed by atoms with Gasteiger partial charge in [-0.25, -0.2) is 4.68 Å². The predicted octanol–water partition coefficient (Wildman–Crippen LogP) is 2.71. The van der Waals surface area contributed by atoms with Crippen LogP contribution < -0.4 is 0 Å². The van der Waals surface area contributed by atoms with Crippen LogP contribution in [0.15, 0.2) is 18.2 Å². The van der Waals surface area contributed by atoms with Crippen LogP contribution in [0.4, 0.5) is 0 Å². The largest absolute Gasteiger partial charge is 0.216 e. The maximum absolute atomic E-state index is 9.06. The van der Waals surface area contributed by atoms with Gasteiger partial charge in [0.05, 0.1) is 11.4 Å². The quantitative estimate of drug-likeness (QED) is 0.828. The third-order valence-electron chi connectivity index (χ3n) is 3.16. The van der Waals surface area contributed by atoms with Crippen molar-refractivity contribution in [1.29, 1.82) is 5.26 Å². The Bertz CT molecular complexity index is 605. The van der Waals surface area contributed by atoms with Crippen molar-refractivity contribution in [2.45, 2.75) is 33.6 Å². The summed E-state index contributed by atoms with van der Waals surface area (Å²) in [5, 5.41) is 17.1. The fraction of sp³-hybridized carbons (Fsp3) is 0.357. The summed E-state index contributed by atoms with van der Waals surface area (Å²) in [6, 6.07) is 8.19. The third kappa shape index (κ3) is 2.00. The molecule has 0 bridgehead atoms. The van der Waals surface area contributed by atoms with E-state index in [0.717, 1.165) is 24.2 Å². The first-order chi connectivity index (χ1) is 8.69. The molecule has 0 spiro atoms.